The van der Waals surface area contributed by atoms with Crippen molar-refractivity contribution >= 4 is 34.8 Å². The largest absolute Gasteiger partial charge is 0.468 e. The molecular formula is C11H18ClN3O3S. The van der Waals surface area contributed by atoms with Crippen molar-refractivity contribution in [3.8, 4) is 0 Å². The smallest absolute Gasteiger partial charge is 0.325 e. The van der Waals surface area contributed by atoms with Crippen molar-refractivity contribution < 1.29 is 14.6 Å². The van der Waals surface area contributed by atoms with Gasteiger partial charge in [0.05, 0.1) is 13.2 Å². The quantitative estimate of drug-likeness (QED) is 0.797. The van der Waals surface area contributed by atoms with E-state index in [1.54, 1.807) is 6.20 Å². The van der Waals surface area contributed by atoms with E-state index in [2.05, 4.69) is 4.98 Å². The molecule has 8 heteroatoms. The number of carbonyl (C=O) groups excluding carboxylic acids is 1. The fourth-order valence-electron chi connectivity index (χ4n) is 2.24. The molecule has 3 N–H and O–H groups in total. The predicted molar refractivity (Wildman–Crippen MR) is 75.2 cm³/mol. The van der Waals surface area contributed by atoms with Crippen LogP contribution in [-0.2, 0) is 16.1 Å². The van der Waals surface area contributed by atoms with Crippen molar-refractivity contribution in [2.75, 3.05) is 19.4 Å². The third-order valence-electron chi connectivity index (χ3n) is 3.08. The van der Waals surface area contributed by atoms with Gasteiger partial charge in [-0.15, -0.1) is 23.7 Å². The second-order valence-electron chi connectivity index (χ2n) is 4.31. The van der Waals surface area contributed by atoms with Gasteiger partial charge >= 0.3 is 5.97 Å². The number of aromatic nitrogens is 1. The first-order chi connectivity index (χ1) is 8.61. The van der Waals surface area contributed by atoms with Gasteiger partial charge in [-0.25, -0.2) is 4.98 Å². The first kappa shape index (κ1) is 16.2. The third kappa shape index (κ3) is 3.79. The molecule has 0 aliphatic carbocycles. The Morgan fingerprint density at radius 2 is 2.47 bits per heavy atom. The Morgan fingerprint density at radius 1 is 1.74 bits per heavy atom. The molecule has 1 aromatic heterocycles. The number of piperidine rings is 1. The molecule has 19 heavy (non-hydrogen) atoms. The molecule has 1 fully saturated rings. The normalized spacial score (nSPS) is 23.7. The van der Waals surface area contributed by atoms with Crippen LogP contribution in [0.2, 0.25) is 0 Å². The van der Waals surface area contributed by atoms with Crippen molar-refractivity contribution in [3.63, 3.8) is 0 Å². The van der Waals surface area contributed by atoms with E-state index in [1.165, 1.54) is 18.4 Å². The fourth-order valence-corrected chi connectivity index (χ4v) is 2.95. The number of carbonyl (C=O) groups is 1. The van der Waals surface area contributed by atoms with Gasteiger partial charge in [-0.05, 0) is 19.4 Å². The lowest BCUT2D eigenvalue weighted by molar-refractivity contribution is -0.154. The zero-order chi connectivity index (χ0) is 13.1. The van der Waals surface area contributed by atoms with Crippen LogP contribution in [0.1, 0.15) is 17.7 Å². The summed E-state index contributed by atoms with van der Waals surface area (Å²) >= 11 is 1.40. The highest BCUT2D eigenvalue weighted by atomic mass is 35.5. The lowest BCUT2D eigenvalue weighted by atomic mass is 9.99. The molecule has 108 valence electrons. The number of methoxy groups -OCH3 is 1. The molecule has 0 radical (unpaired) electrons. The van der Waals surface area contributed by atoms with E-state index < -0.39 is 12.1 Å². The molecule has 1 aromatic rings. The number of hydrogen-bond donors (Lipinski definition) is 2. The van der Waals surface area contributed by atoms with E-state index in [1.807, 2.05) is 4.90 Å². The van der Waals surface area contributed by atoms with Crippen LogP contribution in [0.15, 0.2) is 6.20 Å². The summed E-state index contributed by atoms with van der Waals surface area (Å²) in [7, 11) is 1.34. The van der Waals surface area contributed by atoms with Crippen LogP contribution in [-0.4, -0.2) is 46.8 Å². The van der Waals surface area contributed by atoms with E-state index in [4.69, 9.17) is 10.5 Å². The highest BCUT2D eigenvalue weighted by Crippen LogP contribution is 2.24. The SMILES string of the molecule is COC(=O)C1C(O)CCCN1Cc1cnc(N)s1.Cl. The Hall–Kier alpha value is -0.890. The summed E-state index contributed by atoms with van der Waals surface area (Å²) < 4.78 is 4.76. The van der Waals surface area contributed by atoms with Gasteiger partial charge in [0.1, 0.15) is 6.04 Å². The lowest BCUT2D eigenvalue weighted by Crippen LogP contribution is -2.52. The van der Waals surface area contributed by atoms with Gasteiger partial charge in [-0.1, -0.05) is 0 Å². The van der Waals surface area contributed by atoms with Crippen molar-refractivity contribution in [2.45, 2.75) is 31.5 Å². The van der Waals surface area contributed by atoms with E-state index >= 15 is 0 Å². The van der Waals surface area contributed by atoms with Crippen molar-refractivity contribution in [2.24, 2.45) is 0 Å². The third-order valence-corrected chi connectivity index (χ3v) is 3.89. The maximum absolute atomic E-state index is 11.7. The van der Waals surface area contributed by atoms with Gasteiger partial charge in [0.25, 0.3) is 0 Å². The predicted octanol–water partition coefficient (Wildman–Crippen LogP) is 0.645. The Kier molecular flexibility index (Phi) is 5.99. The molecule has 2 heterocycles. The van der Waals surface area contributed by atoms with Crippen molar-refractivity contribution in [3.05, 3.63) is 11.1 Å². The number of ether oxygens (including phenoxy) is 1. The summed E-state index contributed by atoms with van der Waals surface area (Å²) in [6, 6.07) is -0.591. The van der Waals surface area contributed by atoms with Crippen LogP contribution < -0.4 is 5.73 Å². The number of hydrogen-bond acceptors (Lipinski definition) is 7. The standard InChI is InChI=1S/C11H17N3O3S.ClH/c1-17-10(16)9-8(15)3-2-4-14(9)6-7-5-13-11(12)18-7;/h5,8-9,15H,2-4,6H2,1H3,(H2,12,13);1H. The minimum absolute atomic E-state index is 0. The molecule has 0 bridgehead atoms. The van der Waals surface area contributed by atoms with E-state index in [0.29, 0.717) is 18.1 Å². The molecule has 1 aliphatic rings. The van der Waals surface area contributed by atoms with E-state index in [9.17, 15) is 9.90 Å². The van der Waals surface area contributed by atoms with Gasteiger partial charge in [-0.3, -0.25) is 9.69 Å². The summed E-state index contributed by atoms with van der Waals surface area (Å²) in [5.74, 6) is -0.389. The minimum Gasteiger partial charge on any atom is -0.468 e. The number of aliphatic hydroxyl groups is 1. The van der Waals surface area contributed by atoms with Gasteiger partial charge in [0, 0.05) is 17.6 Å². The van der Waals surface area contributed by atoms with Crippen molar-refractivity contribution in [1.29, 1.82) is 0 Å². The summed E-state index contributed by atoms with van der Waals surface area (Å²) in [5.41, 5.74) is 5.58. The van der Waals surface area contributed by atoms with Crippen LogP contribution in [0.4, 0.5) is 5.13 Å². The Morgan fingerprint density at radius 3 is 3.05 bits per heavy atom. The molecule has 0 aromatic carbocycles. The van der Waals surface area contributed by atoms with E-state index in [0.717, 1.165) is 17.8 Å². The van der Waals surface area contributed by atoms with Crippen LogP contribution in [0.25, 0.3) is 0 Å². The molecular weight excluding hydrogens is 290 g/mol. The molecule has 6 nitrogen and oxygen atoms in total. The number of thiazole rings is 1. The van der Waals surface area contributed by atoms with Crippen LogP contribution in [0, 0.1) is 0 Å². The highest BCUT2D eigenvalue weighted by molar-refractivity contribution is 7.15. The van der Waals surface area contributed by atoms with Crippen LogP contribution >= 0.6 is 23.7 Å². The zero-order valence-corrected chi connectivity index (χ0v) is 12.2. The maximum atomic E-state index is 11.7. The number of nitrogens with two attached hydrogens (primary N) is 1. The minimum atomic E-state index is -0.670. The Labute approximate surface area is 122 Å². The maximum Gasteiger partial charge on any atom is 0.325 e. The lowest BCUT2D eigenvalue weighted by Gasteiger charge is -2.36. The monoisotopic (exact) mass is 307 g/mol. The second kappa shape index (κ2) is 7.04. The van der Waals surface area contributed by atoms with Crippen molar-refractivity contribution in [1.82, 2.24) is 9.88 Å². The Balaban J connectivity index is 0.00000180. The number of halogens is 1. The molecule has 2 atom stereocenters. The van der Waals surface area contributed by atoms with Gasteiger partial charge in [0.15, 0.2) is 5.13 Å². The number of nitrogen functional groups attached to an aromatic ring is 1. The summed E-state index contributed by atoms with van der Waals surface area (Å²) in [5, 5.41) is 10.5. The number of anilines is 1. The van der Waals surface area contributed by atoms with E-state index in [-0.39, 0.29) is 18.4 Å². The second-order valence-corrected chi connectivity index (χ2v) is 5.46. The van der Waals surface area contributed by atoms with Crippen LogP contribution in [0.3, 0.4) is 0 Å². The average molecular weight is 308 g/mol. The molecule has 0 spiro atoms. The van der Waals surface area contributed by atoms with Crippen LogP contribution in [0.5, 0.6) is 0 Å². The first-order valence-corrected chi connectivity index (χ1v) is 6.63. The fraction of sp³-hybridized carbons (Fsp3) is 0.636. The molecule has 2 rings (SSSR count). The zero-order valence-electron chi connectivity index (χ0n) is 10.6. The highest BCUT2D eigenvalue weighted by Gasteiger charge is 2.36. The number of rotatable bonds is 3. The Bertz CT molecular complexity index is 429. The summed E-state index contributed by atoms with van der Waals surface area (Å²) in [4.78, 5) is 18.6. The molecule has 0 saturated carbocycles. The molecule has 1 aliphatic heterocycles. The summed E-state index contributed by atoms with van der Waals surface area (Å²) in [6.07, 6.45) is 2.52. The summed E-state index contributed by atoms with van der Waals surface area (Å²) in [6.45, 7) is 1.32. The first-order valence-electron chi connectivity index (χ1n) is 5.82. The number of likely N-dealkylation sites (tertiary alicyclic amines) is 1. The van der Waals surface area contributed by atoms with Gasteiger partial charge < -0.3 is 15.6 Å². The topological polar surface area (TPSA) is 88.7 Å². The van der Waals surface area contributed by atoms with Gasteiger partial charge in [0.2, 0.25) is 0 Å². The number of aliphatic hydroxyl groups excluding tert-OH is 1. The number of nitrogens with zero attached hydrogens (tertiary/aromatic N) is 2. The molecule has 2 unspecified atom stereocenters. The molecule has 0 amide bonds. The average Bonchev–Trinajstić information content (AvgIpc) is 2.74. The van der Waals surface area contributed by atoms with Gasteiger partial charge in [-0.2, -0.15) is 0 Å². The number of esters is 1. The molecule has 1 saturated heterocycles.